The standard InChI is InChI=1S/C14H9N3O/c18-14-10-4-1-2-5-11(10)17-9-15-8-13(17)12-6-3-7-16(12)14/h1-9H. The first kappa shape index (κ1) is 9.41. The van der Waals surface area contributed by atoms with Crippen molar-refractivity contribution in [2.45, 2.75) is 0 Å². The van der Waals surface area contributed by atoms with E-state index in [0.717, 1.165) is 16.6 Å². The highest BCUT2D eigenvalue weighted by molar-refractivity contribution is 5.85. The van der Waals surface area contributed by atoms with Gasteiger partial charge in [0, 0.05) is 6.20 Å². The Morgan fingerprint density at radius 2 is 1.72 bits per heavy atom. The predicted octanol–water partition coefficient (Wildman–Crippen LogP) is 2.10. The zero-order valence-electron chi connectivity index (χ0n) is 9.45. The van der Waals surface area contributed by atoms with Crippen LogP contribution in [0.3, 0.4) is 0 Å². The normalized spacial score (nSPS) is 11.6. The quantitative estimate of drug-likeness (QED) is 0.468. The first-order valence-electron chi connectivity index (χ1n) is 5.70. The van der Waals surface area contributed by atoms with E-state index in [4.69, 9.17) is 0 Å². The minimum atomic E-state index is -0.00528. The summed E-state index contributed by atoms with van der Waals surface area (Å²) in [6.07, 6.45) is 5.31. The van der Waals surface area contributed by atoms with Crippen molar-refractivity contribution in [2.75, 3.05) is 0 Å². The van der Waals surface area contributed by atoms with Gasteiger partial charge < -0.3 is 0 Å². The highest BCUT2D eigenvalue weighted by Gasteiger charge is 2.07. The molecule has 1 aromatic carbocycles. The van der Waals surface area contributed by atoms with Crippen LogP contribution in [0.1, 0.15) is 0 Å². The Kier molecular flexibility index (Phi) is 1.67. The maximum absolute atomic E-state index is 12.5. The molecule has 4 nitrogen and oxygen atoms in total. The molecular weight excluding hydrogens is 226 g/mol. The molecule has 86 valence electrons. The molecule has 0 saturated heterocycles. The average molecular weight is 235 g/mol. The molecule has 0 spiro atoms. The van der Waals surface area contributed by atoms with Gasteiger partial charge in [-0.1, -0.05) is 12.1 Å². The molecule has 3 aromatic heterocycles. The molecule has 18 heavy (non-hydrogen) atoms. The van der Waals surface area contributed by atoms with Crippen LogP contribution in [0.2, 0.25) is 0 Å². The van der Waals surface area contributed by atoms with Gasteiger partial charge in [-0.05, 0) is 24.3 Å². The summed E-state index contributed by atoms with van der Waals surface area (Å²) in [5.41, 5.74) is 2.67. The predicted molar refractivity (Wildman–Crippen MR) is 69.9 cm³/mol. The molecule has 0 aliphatic heterocycles. The molecule has 4 rings (SSSR count). The van der Waals surface area contributed by atoms with Crippen molar-refractivity contribution in [2.24, 2.45) is 0 Å². The molecule has 0 saturated carbocycles. The van der Waals surface area contributed by atoms with Crippen LogP contribution in [0.15, 0.2) is 59.9 Å². The number of para-hydroxylation sites is 1. The Labute approximate surface area is 102 Å². The number of fused-ring (bicyclic) bond motifs is 5. The largest absolute Gasteiger partial charge is 0.297 e. The topological polar surface area (TPSA) is 38.8 Å². The number of benzene rings is 1. The lowest BCUT2D eigenvalue weighted by molar-refractivity contribution is 1.16. The van der Waals surface area contributed by atoms with Gasteiger partial charge in [0.1, 0.15) is 0 Å². The first-order chi connectivity index (χ1) is 8.86. The van der Waals surface area contributed by atoms with Crippen molar-refractivity contribution in [3.63, 3.8) is 0 Å². The van der Waals surface area contributed by atoms with Gasteiger partial charge in [0.15, 0.2) is 0 Å². The van der Waals surface area contributed by atoms with Crippen LogP contribution in [0.25, 0.3) is 21.9 Å². The van der Waals surface area contributed by atoms with Gasteiger partial charge in [-0.15, -0.1) is 0 Å². The third-order valence-electron chi connectivity index (χ3n) is 3.26. The second kappa shape index (κ2) is 3.20. The summed E-state index contributed by atoms with van der Waals surface area (Å²) in [6.45, 7) is 0. The maximum atomic E-state index is 12.5. The lowest BCUT2D eigenvalue weighted by Gasteiger charge is -1.93. The van der Waals surface area contributed by atoms with E-state index < -0.39 is 0 Å². The van der Waals surface area contributed by atoms with Gasteiger partial charge in [0.2, 0.25) is 0 Å². The zero-order valence-corrected chi connectivity index (χ0v) is 9.45. The molecule has 0 aliphatic rings. The van der Waals surface area contributed by atoms with Crippen LogP contribution in [0.5, 0.6) is 0 Å². The highest BCUT2D eigenvalue weighted by Crippen LogP contribution is 2.16. The van der Waals surface area contributed by atoms with Crippen molar-refractivity contribution in [1.82, 2.24) is 13.8 Å². The van der Waals surface area contributed by atoms with Crippen molar-refractivity contribution in [1.29, 1.82) is 0 Å². The SMILES string of the molecule is O=c1c2ccccc2n2cncc2c2cccn12. The number of imidazole rings is 1. The third-order valence-corrected chi connectivity index (χ3v) is 3.26. The van der Waals surface area contributed by atoms with Gasteiger partial charge in [0.05, 0.1) is 34.5 Å². The number of hydrogen-bond acceptors (Lipinski definition) is 2. The van der Waals surface area contributed by atoms with E-state index >= 15 is 0 Å². The molecule has 4 aromatic rings. The Morgan fingerprint density at radius 3 is 2.67 bits per heavy atom. The summed E-state index contributed by atoms with van der Waals surface area (Å²) in [6, 6.07) is 11.4. The van der Waals surface area contributed by atoms with Crippen LogP contribution >= 0.6 is 0 Å². The number of hydrogen-bond donors (Lipinski definition) is 0. The molecule has 0 bridgehead atoms. The lowest BCUT2D eigenvalue weighted by Crippen LogP contribution is -2.08. The zero-order chi connectivity index (χ0) is 12.1. The monoisotopic (exact) mass is 235 g/mol. The van der Waals surface area contributed by atoms with E-state index in [9.17, 15) is 4.79 Å². The van der Waals surface area contributed by atoms with Crippen LogP contribution in [0.4, 0.5) is 0 Å². The molecule has 3 heterocycles. The fraction of sp³-hybridized carbons (Fsp3) is 0. The number of nitrogens with zero attached hydrogens (tertiary/aromatic N) is 3. The Balaban J connectivity index is 2.56. The van der Waals surface area contributed by atoms with Gasteiger partial charge >= 0.3 is 0 Å². The Bertz CT molecular complexity index is 949. The average Bonchev–Trinajstić information content (AvgIpc) is 3.04. The third kappa shape index (κ3) is 1.04. The maximum Gasteiger partial charge on any atom is 0.264 e. The molecule has 0 atom stereocenters. The Morgan fingerprint density at radius 1 is 0.889 bits per heavy atom. The molecular formula is C14H9N3O. The summed E-state index contributed by atoms with van der Waals surface area (Å²) in [5.74, 6) is 0. The summed E-state index contributed by atoms with van der Waals surface area (Å²) in [5, 5.41) is 0.687. The van der Waals surface area contributed by atoms with Crippen molar-refractivity contribution in [3.8, 4) is 0 Å². The first-order valence-corrected chi connectivity index (χ1v) is 5.70. The van der Waals surface area contributed by atoms with Gasteiger partial charge in [-0.25, -0.2) is 4.98 Å². The van der Waals surface area contributed by atoms with Crippen LogP contribution in [-0.4, -0.2) is 13.8 Å². The van der Waals surface area contributed by atoms with Crippen molar-refractivity contribution < 1.29 is 0 Å². The summed E-state index contributed by atoms with van der Waals surface area (Å²) < 4.78 is 3.62. The minimum absolute atomic E-state index is 0.00528. The van der Waals surface area contributed by atoms with Crippen LogP contribution in [-0.2, 0) is 0 Å². The molecule has 4 heteroatoms. The fourth-order valence-electron chi connectivity index (χ4n) is 2.44. The molecule has 0 fully saturated rings. The molecule has 0 radical (unpaired) electrons. The fourth-order valence-corrected chi connectivity index (χ4v) is 2.44. The van der Waals surface area contributed by atoms with Crippen molar-refractivity contribution >= 4 is 21.9 Å². The van der Waals surface area contributed by atoms with E-state index in [1.165, 1.54) is 0 Å². The van der Waals surface area contributed by atoms with Gasteiger partial charge in [-0.3, -0.25) is 13.6 Å². The number of rotatable bonds is 0. The smallest absolute Gasteiger partial charge is 0.264 e. The van der Waals surface area contributed by atoms with E-state index in [-0.39, 0.29) is 5.56 Å². The van der Waals surface area contributed by atoms with Gasteiger partial charge in [0.25, 0.3) is 5.56 Å². The number of aromatic nitrogens is 3. The summed E-state index contributed by atoms with van der Waals surface area (Å²) >= 11 is 0. The molecule has 0 aliphatic carbocycles. The Hall–Kier alpha value is -2.62. The van der Waals surface area contributed by atoms with E-state index in [1.54, 1.807) is 23.1 Å². The second-order valence-corrected chi connectivity index (χ2v) is 4.23. The molecule has 0 N–H and O–H groups in total. The highest BCUT2D eigenvalue weighted by atomic mass is 16.1. The second-order valence-electron chi connectivity index (χ2n) is 4.23. The van der Waals surface area contributed by atoms with E-state index in [2.05, 4.69) is 4.98 Å². The summed E-state index contributed by atoms with van der Waals surface area (Å²) in [7, 11) is 0. The molecule has 0 amide bonds. The van der Waals surface area contributed by atoms with Crippen molar-refractivity contribution in [3.05, 3.63) is 65.5 Å². The van der Waals surface area contributed by atoms with Crippen LogP contribution in [0, 0.1) is 0 Å². The molecule has 0 unspecified atom stereocenters. The minimum Gasteiger partial charge on any atom is -0.297 e. The summed E-state index contributed by atoms with van der Waals surface area (Å²) in [4.78, 5) is 16.7. The van der Waals surface area contributed by atoms with Gasteiger partial charge in [-0.2, -0.15) is 0 Å². The van der Waals surface area contributed by atoms with E-state index in [1.807, 2.05) is 40.8 Å². The lowest BCUT2D eigenvalue weighted by atomic mass is 10.2. The van der Waals surface area contributed by atoms with E-state index in [0.29, 0.717) is 5.39 Å². The van der Waals surface area contributed by atoms with Crippen LogP contribution < -0.4 is 5.56 Å².